The van der Waals surface area contributed by atoms with E-state index >= 15 is 0 Å². The molecule has 74 heavy (non-hydrogen) atoms. The Bertz CT molecular complexity index is 2900. The highest BCUT2D eigenvalue weighted by atomic mass is 32.2. The molecule has 0 aromatic heterocycles. The normalized spacial score (nSPS) is 20.9. The Morgan fingerprint density at radius 3 is 1.47 bits per heavy atom. The van der Waals surface area contributed by atoms with Crippen LogP contribution in [-0.2, 0) is 42.8 Å². The topological polar surface area (TPSA) is 170 Å². The third-order valence-electron chi connectivity index (χ3n) is 16.1. The number of nitrogens with zero attached hydrogens (tertiary/aromatic N) is 2. The first-order valence-electron chi connectivity index (χ1n) is 25.3. The molecule has 1 aliphatic carbocycles. The molecule has 14 nitrogen and oxygen atoms in total. The Morgan fingerprint density at radius 1 is 0.649 bits per heavy atom. The number of nitrogens with one attached hydrogen (secondary N) is 2. The number of carbonyl (C=O) groups is 2. The molecule has 2 unspecified atom stereocenters. The van der Waals surface area contributed by atoms with Crippen molar-refractivity contribution in [2.75, 3.05) is 66.0 Å². The van der Waals surface area contributed by atoms with Crippen molar-refractivity contribution in [1.29, 1.82) is 0 Å². The standard InChI is InChI=1S/C28H33FN2O5S.C28H35FN2O5S/c1-17-18(2)28(17,27(32)30-37(4,33)34)16-31-11-9-19(10-12-31)26-23-7-6-22(35-3)13-20(23)15-36-25-8-5-21(29)14-24(25)26;1-5-28(6-2,27(32)30-37(4,33)34)18-31-13-11-19(12-14-31)26-23-9-8-22(35-3)15-20(23)17-36-25-10-7-21(29)16-24(25)26/h5-8,13-14,17-18H,9-12,15-16H2,1-4H3,(H,30,32);7-10,15-16H,5-6,11-14,17-18H2,1-4H3,(H,30,32). The number of hydrogen-bond acceptors (Lipinski definition) is 12. The highest BCUT2D eigenvalue weighted by molar-refractivity contribution is 7.89. The summed E-state index contributed by atoms with van der Waals surface area (Å²) >= 11 is 0. The molecule has 0 spiro atoms. The van der Waals surface area contributed by atoms with Crippen molar-refractivity contribution in [2.45, 2.75) is 79.4 Å². The second kappa shape index (κ2) is 21.8. The van der Waals surface area contributed by atoms with Crippen LogP contribution in [0.3, 0.4) is 0 Å². The number of piperidine rings is 2. The van der Waals surface area contributed by atoms with Gasteiger partial charge in [0.05, 0.1) is 37.6 Å². The van der Waals surface area contributed by atoms with Gasteiger partial charge in [-0.1, -0.05) is 51.0 Å². The van der Waals surface area contributed by atoms with Crippen LogP contribution in [0.25, 0.3) is 11.1 Å². The molecule has 1 saturated carbocycles. The second-order valence-corrected chi connectivity index (χ2v) is 23.9. The summed E-state index contributed by atoms with van der Waals surface area (Å²) in [6, 6.07) is 21.1. The van der Waals surface area contributed by atoms with Crippen molar-refractivity contribution in [1.82, 2.24) is 19.2 Å². The fraction of sp³-hybridized carbons (Fsp3) is 0.464. The first kappa shape index (κ1) is 54.4. The maximum Gasteiger partial charge on any atom is 0.241 e. The summed E-state index contributed by atoms with van der Waals surface area (Å²) in [5.74, 6) is 1.49. The quantitative estimate of drug-likeness (QED) is 0.139. The minimum Gasteiger partial charge on any atom is -0.497 e. The molecule has 2 saturated heterocycles. The van der Waals surface area contributed by atoms with Crippen LogP contribution in [0.4, 0.5) is 8.78 Å². The lowest BCUT2D eigenvalue weighted by molar-refractivity contribution is -0.131. The first-order chi connectivity index (χ1) is 35.1. The van der Waals surface area contributed by atoms with Crippen LogP contribution < -0.4 is 28.4 Å². The van der Waals surface area contributed by atoms with E-state index in [0.29, 0.717) is 63.7 Å². The van der Waals surface area contributed by atoms with Crippen LogP contribution in [0.15, 0.2) is 83.9 Å². The molecule has 398 valence electrons. The number of halogens is 2. The van der Waals surface area contributed by atoms with Gasteiger partial charge in [0.15, 0.2) is 0 Å². The molecule has 3 fully saturated rings. The predicted molar refractivity (Wildman–Crippen MR) is 281 cm³/mol. The van der Waals surface area contributed by atoms with Gasteiger partial charge in [-0.3, -0.25) is 19.0 Å². The average Bonchev–Trinajstić information content (AvgIpc) is 3.99. The van der Waals surface area contributed by atoms with Gasteiger partial charge in [-0.25, -0.2) is 25.6 Å². The van der Waals surface area contributed by atoms with Gasteiger partial charge < -0.3 is 28.7 Å². The third kappa shape index (κ3) is 11.5. The SMILES string of the molecule is CCC(CC)(CN1CCC(=C2c3ccc(OC)cc3COc3ccc(F)cc32)CC1)C(=O)NS(C)(=O)=O.COc1ccc2c(c1)COc1ccc(F)cc1C2=C1CCN(CC2(C(=O)NS(C)(=O)=O)C(C)C2C)CC1. The van der Waals surface area contributed by atoms with Crippen molar-refractivity contribution < 1.29 is 54.2 Å². The number of benzene rings is 4. The van der Waals surface area contributed by atoms with E-state index in [-0.39, 0.29) is 23.5 Å². The van der Waals surface area contributed by atoms with Gasteiger partial charge in [-0.05, 0) is 133 Å². The maximum atomic E-state index is 14.4. The van der Waals surface area contributed by atoms with Gasteiger partial charge in [0.1, 0.15) is 47.8 Å². The van der Waals surface area contributed by atoms with Crippen LogP contribution in [0, 0.1) is 34.3 Å². The lowest BCUT2D eigenvalue weighted by Gasteiger charge is -2.38. The molecule has 4 aliphatic heterocycles. The predicted octanol–water partition coefficient (Wildman–Crippen LogP) is 8.48. The molecular weight excluding hydrogens is 991 g/mol. The van der Waals surface area contributed by atoms with E-state index < -0.39 is 42.7 Å². The molecule has 4 heterocycles. The molecular formula is C56H68F2N4O10S2. The summed E-state index contributed by atoms with van der Waals surface area (Å²) in [6.07, 6.45) is 6.09. The summed E-state index contributed by atoms with van der Waals surface area (Å²) in [5, 5.41) is 0. The van der Waals surface area contributed by atoms with Crippen LogP contribution in [0.2, 0.25) is 0 Å². The van der Waals surface area contributed by atoms with Gasteiger partial charge in [0.2, 0.25) is 31.9 Å². The average molecular weight is 1060 g/mol. The molecule has 2 N–H and O–H groups in total. The van der Waals surface area contributed by atoms with Crippen LogP contribution in [0.1, 0.15) is 99.6 Å². The van der Waals surface area contributed by atoms with Crippen molar-refractivity contribution in [3.8, 4) is 23.0 Å². The second-order valence-electron chi connectivity index (χ2n) is 20.4. The minimum absolute atomic E-state index is 0.102. The van der Waals surface area contributed by atoms with Crippen molar-refractivity contribution in [3.05, 3.63) is 129 Å². The Balaban J connectivity index is 0.000000197. The fourth-order valence-electron chi connectivity index (χ4n) is 11.4. The fourth-order valence-corrected chi connectivity index (χ4v) is 12.5. The van der Waals surface area contributed by atoms with E-state index in [9.17, 15) is 35.2 Å². The van der Waals surface area contributed by atoms with Crippen LogP contribution in [-0.4, -0.2) is 104 Å². The van der Waals surface area contributed by atoms with E-state index in [4.69, 9.17) is 18.9 Å². The zero-order valence-corrected chi connectivity index (χ0v) is 45.2. The molecule has 4 aromatic rings. The Hall–Kier alpha value is -5.82. The van der Waals surface area contributed by atoms with Crippen molar-refractivity contribution >= 4 is 43.0 Å². The molecule has 18 heteroatoms. The van der Waals surface area contributed by atoms with E-state index in [1.807, 2.05) is 64.1 Å². The number of methoxy groups -OCH3 is 2. The molecule has 0 radical (unpaired) electrons. The van der Waals surface area contributed by atoms with Gasteiger partial charge in [0.25, 0.3) is 0 Å². The summed E-state index contributed by atoms with van der Waals surface area (Å²) in [5.41, 5.74) is 8.42. The Morgan fingerprint density at radius 2 is 1.08 bits per heavy atom. The maximum absolute atomic E-state index is 14.4. The van der Waals surface area contributed by atoms with Gasteiger partial charge in [-0.2, -0.15) is 0 Å². The van der Waals surface area contributed by atoms with E-state index in [1.54, 1.807) is 32.4 Å². The number of rotatable bonds is 12. The number of sulfonamides is 2. The van der Waals surface area contributed by atoms with E-state index in [2.05, 4.69) is 19.2 Å². The Kier molecular flexibility index (Phi) is 16.0. The third-order valence-corrected chi connectivity index (χ3v) is 17.2. The first-order valence-corrected chi connectivity index (χ1v) is 29.0. The van der Waals surface area contributed by atoms with Gasteiger partial charge >= 0.3 is 0 Å². The number of hydrogen-bond donors (Lipinski definition) is 2. The highest BCUT2D eigenvalue weighted by Gasteiger charge is 2.65. The molecule has 9 rings (SSSR count). The lowest BCUT2D eigenvalue weighted by atomic mass is 9.80. The molecule has 2 amide bonds. The number of carbonyl (C=O) groups excluding carboxylic acids is 2. The number of ether oxygens (including phenoxy) is 4. The van der Waals surface area contributed by atoms with E-state index in [0.717, 1.165) is 107 Å². The molecule has 0 bridgehead atoms. The van der Waals surface area contributed by atoms with Crippen LogP contribution >= 0.6 is 0 Å². The highest BCUT2D eigenvalue weighted by Crippen LogP contribution is 2.59. The van der Waals surface area contributed by atoms with Crippen molar-refractivity contribution in [2.24, 2.45) is 22.7 Å². The van der Waals surface area contributed by atoms with Gasteiger partial charge in [0, 0.05) is 61.5 Å². The monoisotopic (exact) mass is 1060 g/mol. The molecule has 2 atom stereocenters. The zero-order valence-electron chi connectivity index (χ0n) is 43.5. The minimum atomic E-state index is -3.64. The summed E-state index contributed by atoms with van der Waals surface area (Å²) < 4.78 is 103. The molecule has 4 aromatic carbocycles. The zero-order chi connectivity index (χ0) is 53.3. The summed E-state index contributed by atoms with van der Waals surface area (Å²) in [4.78, 5) is 30.4. The van der Waals surface area contributed by atoms with Gasteiger partial charge in [-0.15, -0.1) is 0 Å². The van der Waals surface area contributed by atoms with E-state index in [1.165, 1.54) is 29.3 Å². The molecule has 5 aliphatic rings. The summed E-state index contributed by atoms with van der Waals surface area (Å²) in [6.45, 7) is 12.4. The number of amides is 2. The lowest BCUT2D eigenvalue weighted by Crippen LogP contribution is -2.50. The Labute approximate surface area is 434 Å². The largest absolute Gasteiger partial charge is 0.497 e. The smallest absolute Gasteiger partial charge is 0.241 e. The van der Waals surface area contributed by atoms with Crippen LogP contribution in [0.5, 0.6) is 23.0 Å². The summed E-state index contributed by atoms with van der Waals surface area (Å²) in [7, 11) is -4.01. The number of fused-ring (bicyclic) bond motifs is 4. The van der Waals surface area contributed by atoms with Crippen molar-refractivity contribution in [3.63, 3.8) is 0 Å². The number of likely N-dealkylation sites (tertiary alicyclic amines) is 2.